The van der Waals surface area contributed by atoms with Crippen molar-refractivity contribution in [1.82, 2.24) is 0 Å². The van der Waals surface area contributed by atoms with Gasteiger partial charge in [0.25, 0.3) is 0 Å². The molecule has 0 aliphatic rings. The lowest BCUT2D eigenvalue weighted by Crippen LogP contribution is -2.27. The molecule has 0 amide bonds. The third kappa shape index (κ3) is 3.61. The van der Waals surface area contributed by atoms with Gasteiger partial charge in [-0.15, -0.1) is 0 Å². The number of hydrogen-bond acceptors (Lipinski definition) is 6. The summed E-state index contributed by atoms with van der Waals surface area (Å²) in [7, 11) is -12.7. The first-order chi connectivity index (χ1) is 5.37. The molecular weight excluding hydrogens is 240 g/mol. The van der Waals surface area contributed by atoms with Gasteiger partial charge in [0.15, 0.2) is 0 Å². The van der Waals surface area contributed by atoms with Gasteiger partial charge in [-0.3, -0.25) is 25.3 Å². The molecule has 0 heterocycles. The minimum Gasteiger partial charge on any atom is -0.260 e. The van der Waals surface area contributed by atoms with E-state index < -0.39 is 33.4 Å². The Kier molecular flexibility index (Phi) is 3.17. The van der Waals surface area contributed by atoms with Gasteiger partial charge in [0.05, 0.1) is 29.5 Å². The van der Waals surface area contributed by atoms with E-state index in [4.69, 9.17) is 0 Å². The molecule has 0 aliphatic heterocycles. The summed E-state index contributed by atoms with van der Waals surface area (Å²) in [5.74, 6) is 0. The van der Waals surface area contributed by atoms with Crippen molar-refractivity contribution in [2.75, 3.05) is 18.8 Å². The van der Waals surface area contributed by atoms with Crippen LogP contribution in [0.4, 0.5) is 0 Å². The summed E-state index contributed by atoms with van der Waals surface area (Å²) in [6.07, 6.45) is 1.60. The third-order valence-electron chi connectivity index (χ3n) is 0.908. The number of sulfone groups is 3. The van der Waals surface area contributed by atoms with E-state index in [2.05, 4.69) is 0 Å². The maximum atomic E-state index is 10.8. The molecule has 9 heteroatoms. The molecule has 0 aliphatic carbocycles. The van der Waals surface area contributed by atoms with Crippen molar-refractivity contribution in [2.45, 2.75) is 0 Å². The smallest absolute Gasteiger partial charge is 0.0516 e. The third-order valence-corrected chi connectivity index (χ3v) is 8.17. The molecule has 0 saturated heterocycles. The van der Waals surface area contributed by atoms with Crippen LogP contribution < -0.4 is 0 Å². The second-order valence-electron chi connectivity index (χ2n) is 2.57. The first kappa shape index (κ1) is 12.8. The van der Waals surface area contributed by atoms with Crippen LogP contribution in [-0.2, 0) is 29.5 Å². The predicted octanol–water partition coefficient (Wildman–Crippen LogP) is -1.43. The monoisotopic (exact) mass is 249 g/mol. The summed E-state index contributed by atoms with van der Waals surface area (Å²) < 4.78 is 63.5. The van der Waals surface area contributed by atoms with Gasteiger partial charge in [0, 0.05) is 22.7 Å². The van der Waals surface area contributed by atoms with E-state index in [0.717, 1.165) is 0 Å². The van der Waals surface area contributed by atoms with Crippen molar-refractivity contribution >= 4 is 29.5 Å². The van der Waals surface area contributed by atoms with Crippen LogP contribution >= 0.6 is 0 Å². The highest BCUT2D eigenvalue weighted by Crippen LogP contribution is 2.22. The summed E-state index contributed by atoms with van der Waals surface area (Å²) in [5.41, 5.74) is 0. The summed E-state index contributed by atoms with van der Waals surface area (Å²) in [6, 6.07) is 0. The molecule has 80 valence electrons. The largest absolute Gasteiger partial charge is 0.260 e. The fourth-order valence-electron chi connectivity index (χ4n) is 0.825. The second-order valence-corrected chi connectivity index (χ2v) is 9.20. The minimum atomic E-state index is -4.24. The molecule has 0 aromatic rings. The van der Waals surface area contributed by atoms with Gasteiger partial charge in [-0.2, -0.15) is 0 Å². The summed E-state index contributed by atoms with van der Waals surface area (Å²) in [4.78, 5) is 0. The molecule has 0 radical (unpaired) electrons. The Bertz CT molecular complexity index is 402. The topological polar surface area (TPSA) is 102 Å². The Balaban J connectivity index is 5.87. The molecule has 0 atom stereocenters. The molecule has 0 N–H and O–H groups in total. The zero-order chi connectivity index (χ0) is 11.1. The van der Waals surface area contributed by atoms with Crippen molar-refractivity contribution in [3.05, 3.63) is 3.91 Å². The minimum absolute atomic E-state index is 0.532. The van der Waals surface area contributed by atoms with Crippen LogP contribution in [0.3, 0.4) is 0 Å². The van der Waals surface area contributed by atoms with E-state index in [0.29, 0.717) is 18.8 Å². The van der Waals surface area contributed by atoms with Crippen LogP contribution in [0, 0.1) is 3.91 Å². The summed E-state index contributed by atoms with van der Waals surface area (Å²) in [6.45, 7) is 0. The van der Waals surface area contributed by atoms with E-state index in [1.807, 2.05) is 0 Å². The van der Waals surface area contributed by atoms with Crippen LogP contribution in [-0.4, -0.2) is 44.0 Å². The van der Waals surface area contributed by atoms with Gasteiger partial charge in [0.1, 0.15) is 0 Å². The Hall–Kier alpha value is -0.150. The molecule has 0 spiro atoms. The molecular formula is C4H9O6S3-. The maximum Gasteiger partial charge on any atom is 0.0516 e. The highest BCUT2D eigenvalue weighted by atomic mass is 32.3. The Morgan fingerprint density at radius 2 is 0.769 bits per heavy atom. The molecule has 0 saturated carbocycles. The molecule has 6 nitrogen and oxygen atoms in total. The molecule has 0 rings (SSSR count). The van der Waals surface area contributed by atoms with Crippen LogP contribution in [0.2, 0.25) is 0 Å². The molecule has 0 unspecified atom stereocenters. The second kappa shape index (κ2) is 3.21. The van der Waals surface area contributed by atoms with Crippen molar-refractivity contribution in [3.63, 3.8) is 0 Å². The maximum absolute atomic E-state index is 10.8. The first-order valence-corrected chi connectivity index (χ1v) is 8.51. The zero-order valence-corrected chi connectivity index (χ0v) is 9.62. The van der Waals surface area contributed by atoms with Crippen molar-refractivity contribution in [3.8, 4) is 0 Å². The Morgan fingerprint density at radius 3 is 0.769 bits per heavy atom. The van der Waals surface area contributed by atoms with Crippen molar-refractivity contribution < 1.29 is 25.3 Å². The molecule has 13 heavy (non-hydrogen) atoms. The molecule has 0 bridgehead atoms. The SMILES string of the molecule is CS(=O)(=O)[C-](S(C)(=O)=O)S(C)(=O)=O. The summed E-state index contributed by atoms with van der Waals surface area (Å²) in [5, 5.41) is 0. The molecule has 0 aromatic carbocycles. The highest BCUT2D eigenvalue weighted by Gasteiger charge is 2.26. The van der Waals surface area contributed by atoms with E-state index in [-0.39, 0.29) is 0 Å². The zero-order valence-electron chi connectivity index (χ0n) is 7.17. The first-order valence-electron chi connectivity index (χ1n) is 2.84. The average molecular weight is 249 g/mol. The van der Waals surface area contributed by atoms with E-state index in [1.165, 1.54) is 0 Å². The van der Waals surface area contributed by atoms with Crippen molar-refractivity contribution in [2.24, 2.45) is 0 Å². The molecule has 0 aromatic heterocycles. The van der Waals surface area contributed by atoms with Crippen molar-refractivity contribution in [1.29, 1.82) is 0 Å². The Morgan fingerprint density at radius 1 is 0.615 bits per heavy atom. The number of rotatable bonds is 3. The average Bonchev–Trinajstić information content (AvgIpc) is 1.44. The fraction of sp³-hybridized carbons (Fsp3) is 0.750. The van der Waals surface area contributed by atoms with Gasteiger partial charge in [-0.05, 0) is 0 Å². The van der Waals surface area contributed by atoms with E-state index in [1.54, 1.807) is 0 Å². The standard InChI is InChI=1S/C4H9O6S3/c1-11(5,6)4(12(2,7)8)13(3,9)10/h1-3H3/q-1. The van der Waals surface area contributed by atoms with Gasteiger partial charge in [-0.25, -0.2) is 0 Å². The van der Waals surface area contributed by atoms with Gasteiger partial charge in [0.2, 0.25) is 0 Å². The van der Waals surface area contributed by atoms with E-state index in [9.17, 15) is 25.3 Å². The quantitative estimate of drug-likeness (QED) is 0.568. The normalized spacial score (nSPS) is 14.8. The molecule has 0 fully saturated rings. The predicted molar refractivity (Wildman–Crippen MR) is 47.8 cm³/mol. The van der Waals surface area contributed by atoms with Crippen LogP contribution in [0.15, 0.2) is 0 Å². The van der Waals surface area contributed by atoms with Crippen LogP contribution in [0.5, 0.6) is 0 Å². The fourth-order valence-corrected chi connectivity index (χ4v) is 7.42. The van der Waals surface area contributed by atoms with Gasteiger partial charge < -0.3 is 0 Å². The Labute approximate surface area is 77.7 Å². The van der Waals surface area contributed by atoms with Crippen LogP contribution in [0.1, 0.15) is 0 Å². The number of hydrogen-bond donors (Lipinski definition) is 0. The van der Waals surface area contributed by atoms with Gasteiger partial charge in [-0.1, -0.05) is 0 Å². The van der Waals surface area contributed by atoms with Gasteiger partial charge >= 0.3 is 0 Å². The lowest BCUT2D eigenvalue weighted by molar-refractivity contribution is 0.590. The lowest BCUT2D eigenvalue weighted by Gasteiger charge is -2.22. The highest BCUT2D eigenvalue weighted by molar-refractivity contribution is 8.28. The van der Waals surface area contributed by atoms with E-state index >= 15 is 0 Å². The van der Waals surface area contributed by atoms with Crippen LogP contribution in [0.25, 0.3) is 0 Å². The lowest BCUT2D eigenvalue weighted by atomic mass is 11.8. The summed E-state index contributed by atoms with van der Waals surface area (Å²) >= 11 is 0.